The van der Waals surface area contributed by atoms with Crippen molar-refractivity contribution in [2.45, 2.75) is 45.9 Å². The summed E-state index contributed by atoms with van der Waals surface area (Å²) in [7, 11) is 0. The fourth-order valence-corrected chi connectivity index (χ4v) is 2.55. The maximum atomic E-state index is 5.99. The van der Waals surface area contributed by atoms with Gasteiger partial charge in [-0.3, -0.25) is 0 Å². The molecule has 6 heteroatoms. The van der Waals surface area contributed by atoms with Gasteiger partial charge < -0.3 is 20.1 Å². The molecule has 2 N–H and O–H groups in total. The van der Waals surface area contributed by atoms with Crippen LogP contribution < -0.4 is 10.6 Å². The highest BCUT2D eigenvalue weighted by molar-refractivity contribution is 14.0. The van der Waals surface area contributed by atoms with E-state index in [4.69, 9.17) is 9.47 Å². The molecule has 0 radical (unpaired) electrons. The number of guanidine groups is 1. The molecule has 0 aliphatic carbocycles. The predicted octanol–water partition coefficient (Wildman–Crippen LogP) is 3.08. The molecule has 0 amide bonds. The van der Waals surface area contributed by atoms with E-state index in [2.05, 4.69) is 53.7 Å². The van der Waals surface area contributed by atoms with Gasteiger partial charge in [0.15, 0.2) is 5.96 Å². The van der Waals surface area contributed by atoms with E-state index in [9.17, 15) is 0 Å². The van der Waals surface area contributed by atoms with Gasteiger partial charge in [0.25, 0.3) is 0 Å². The van der Waals surface area contributed by atoms with Gasteiger partial charge in [-0.2, -0.15) is 0 Å². The van der Waals surface area contributed by atoms with Gasteiger partial charge in [0.1, 0.15) is 0 Å². The Kier molecular flexibility index (Phi) is 11.0. The van der Waals surface area contributed by atoms with E-state index in [1.54, 1.807) is 0 Å². The van der Waals surface area contributed by atoms with Crippen molar-refractivity contribution in [3.8, 4) is 0 Å². The second-order valence-electron chi connectivity index (χ2n) is 5.67. The first-order chi connectivity index (χ1) is 11.3. The lowest BCUT2D eigenvalue weighted by Crippen LogP contribution is -2.36. The Hall–Kier alpha value is -0.860. The average Bonchev–Trinajstić information content (AvgIpc) is 2.60. The fraction of sp³-hybridized carbons (Fsp3) is 0.611. The molecule has 0 aromatic heterocycles. The molecule has 1 aliphatic rings. The van der Waals surface area contributed by atoms with E-state index >= 15 is 0 Å². The van der Waals surface area contributed by atoms with E-state index in [-0.39, 0.29) is 24.0 Å². The number of aliphatic imine (C=N–C) groups is 1. The van der Waals surface area contributed by atoms with Gasteiger partial charge in [0.2, 0.25) is 0 Å². The Morgan fingerprint density at radius 2 is 1.83 bits per heavy atom. The number of benzene rings is 1. The van der Waals surface area contributed by atoms with Crippen LogP contribution in [0.15, 0.2) is 29.3 Å². The summed E-state index contributed by atoms with van der Waals surface area (Å²) >= 11 is 0. The Balaban J connectivity index is 0.00000288. The molecule has 1 aromatic carbocycles. The van der Waals surface area contributed by atoms with Crippen LogP contribution in [0.2, 0.25) is 0 Å². The van der Waals surface area contributed by atoms with Crippen LogP contribution in [-0.4, -0.2) is 38.4 Å². The lowest BCUT2D eigenvalue weighted by molar-refractivity contribution is -0.0390. The highest BCUT2D eigenvalue weighted by Crippen LogP contribution is 2.14. The van der Waals surface area contributed by atoms with Crippen LogP contribution in [0.5, 0.6) is 0 Å². The third-order valence-corrected chi connectivity index (χ3v) is 3.75. The second kappa shape index (κ2) is 12.5. The summed E-state index contributed by atoms with van der Waals surface area (Å²) in [6.07, 6.45) is 2.33. The van der Waals surface area contributed by atoms with E-state index in [0.29, 0.717) is 19.3 Å². The summed E-state index contributed by atoms with van der Waals surface area (Å²) in [5.41, 5.74) is 2.41. The van der Waals surface area contributed by atoms with Crippen LogP contribution in [0.1, 0.15) is 37.8 Å². The minimum absolute atomic E-state index is 0. The van der Waals surface area contributed by atoms with E-state index in [0.717, 1.165) is 45.1 Å². The van der Waals surface area contributed by atoms with Crippen molar-refractivity contribution in [2.75, 3.05) is 26.3 Å². The van der Waals surface area contributed by atoms with Crippen LogP contribution in [0.25, 0.3) is 0 Å². The van der Waals surface area contributed by atoms with Gasteiger partial charge in [-0.05, 0) is 37.8 Å². The topological polar surface area (TPSA) is 54.9 Å². The SMILES string of the molecule is CCNC(=NCc1cccc(COC2CCOCC2)c1)NCC.I. The Labute approximate surface area is 162 Å². The first-order valence-corrected chi connectivity index (χ1v) is 8.61. The summed E-state index contributed by atoms with van der Waals surface area (Å²) in [6, 6.07) is 8.48. The van der Waals surface area contributed by atoms with E-state index in [1.807, 2.05) is 0 Å². The Morgan fingerprint density at radius 1 is 1.17 bits per heavy atom. The molecule has 1 aliphatic heterocycles. The quantitative estimate of drug-likeness (QED) is 0.383. The van der Waals surface area contributed by atoms with E-state index in [1.165, 1.54) is 11.1 Å². The number of halogens is 1. The zero-order valence-corrected chi connectivity index (χ0v) is 17.0. The molecule has 1 aromatic rings. The van der Waals surface area contributed by atoms with Crippen molar-refractivity contribution in [1.29, 1.82) is 0 Å². The molecular weight excluding hydrogens is 417 g/mol. The molecule has 2 rings (SSSR count). The molecule has 24 heavy (non-hydrogen) atoms. The van der Waals surface area contributed by atoms with Crippen molar-refractivity contribution < 1.29 is 9.47 Å². The molecule has 0 atom stereocenters. The number of nitrogens with zero attached hydrogens (tertiary/aromatic N) is 1. The van der Waals surface area contributed by atoms with Gasteiger partial charge in [-0.1, -0.05) is 24.3 Å². The minimum atomic E-state index is 0. The first-order valence-electron chi connectivity index (χ1n) is 8.61. The third kappa shape index (κ3) is 7.81. The fourth-order valence-electron chi connectivity index (χ4n) is 2.55. The van der Waals surface area contributed by atoms with Crippen molar-refractivity contribution in [3.63, 3.8) is 0 Å². The molecule has 0 bridgehead atoms. The third-order valence-electron chi connectivity index (χ3n) is 3.75. The summed E-state index contributed by atoms with van der Waals surface area (Å²) in [6.45, 7) is 8.84. The van der Waals surface area contributed by atoms with Crippen LogP contribution in [-0.2, 0) is 22.6 Å². The molecule has 1 saturated heterocycles. The van der Waals surface area contributed by atoms with Crippen molar-refractivity contribution >= 4 is 29.9 Å². The van der Waals surface area contributed by atoms with Crippen LogP contribution >= 0.6 is 24.0 Å². The molecule has 0 spiro atoms. The number of hydrogen-bond acceptors (Lipinski definition) is 3. The molecule has 1 heterocycles. The minimum Gasteiger partial charge on any atom is -0.381 e. The maximum Gasteiger partial charge on any atom is 0.191 e. The molecule has 0 unspecified atom stereocenters. The van der Waals surface area contributed by atoms with Crippen LogP contribution in [0.3, 0.4) is 0 Å². The zero-order chi connectivity index (χ0) is 16.3. The molecule has 0 saturated carbocycles. The summed E-state index contributed by atoms with van der Waals surface area (Å²) < 4.78 is 11.3. The predicted molar refractivity (Wildman–Crippen MR) is 109 cm³/mol. The first kappa shape index (κ1) is 21.2. The second-order valence-corrected chi connectivity index (χ2v) is 5.67. The molecule has 136 valence electrons. The number of hydrogen-bond donors (Lipinski definition) is 2. The van der Waals surface area contributed by atoms with Gasteiger partial charge in [-0.15, -0.1) is 24.0 Å². The number of rotatable bonds is 7. The Bertz CT molecular complexity index is 483. The lowest BCUT2D eigenvalue weighted by atomic mass is 10.1. The number of nitrogens with one attached hydrogen (secondary N) is 2. The smallest absolute Gasteiger partial charge is 0.191 e. The van der Waals surface area contributed by atoms with Crippen molar-refractivity contribution in [2.24, 2.45) is 4.99 Å². The number of ether oxygens (including phenoxy) is 2. The molecule has 1 fully saturated rings. The van der Waals surface area contributed by atoms with Gasteiger partial charge >= 0.3 is 0 Å². The average molecular weight is 447 g/mol. The molecular formula is C18H30IN3O2. The Morgan fingerprint density at radius 3 is 2.50 bits per heavy atom. The largest absolute Gasteiger partial charge is 0.381 e. The maximum absolute atomic E-state index is 5.99. The van der Waals surface area contributed by atoms with Crippen LogP contribution in [0, 0.1) is 0 Å². The highest BCUT2D eigenvalue weighted by Gasteiger charge is 2.13. The zero-order valence-electron chi connectivity index (χ0n) is 14.7. The summed E-state index contributed by atoms with van der Waals surface area (Å²) in [5.74, 6) is 0.860. The highest BCUT2D eigenvalue weighted by atomic mass is 127. The standard InChI is InChI=1S/C18H29N3O2.HI/c1-3-19-18(20-4-2)21-13-15-6-5-7-16(12-15)14-23-17-8-10-22-11-9-17;/h5-7,12,17H,3-4,8-11,13-14H2,1-2H3,(H2,19,20,21);1H. The van der Waals surface area contributed by atoms with E-state index < -0.39 is 0 Å². The van der Waals surface area contributed by atoms with Gasteiger partial charge in [0.05, 0.1) is 19.3 Å². The van der Waals surface area contributed by atoms with Crippen molar-refractivity contribution in [1.82, 2.24) is 10.6 Å². The summed E-state index contributed by atoms with van der Waals surface area (Å²) in [4.78, 5) is 4.60. The van der Waals surface area contributed by atoms with Gasteiger partial charge in [-0.25, -0.2) is 4.99 Å². The van der Waals surface area contributed by atoms with Gasteiger partial charge in [0, 0.05) is 26.3 Å². The van der Waals surface area contributed by atoms with Crippen LogP contribution in [0.4, 0.5) is 0 Å². The monoisotopic (exact) mass is 447 g/mol. The molecule has 5 nitrogen and oxygen atoms in total. The lowest BCUT2D eigenvalue weighted by Gasteiger charge is -2.22. The normalized spacial score (nSPS) is 14.6. The summed E-state index contributed by atoms with van der Waals surface area (Å²) in [5, 5.41) is 6.48. The van der Waals surface area contributed by atoms with Crippen molar-refractivity contribution in [3.05, 3.63) is 35.4 Å².